The number of hydroxylamine groups is 1. The molecule has 2 amide bonds. The van der Waals surface area contributed by atoms with Crippen molar-refractivity contribution in [2.24, 2.45) is 0 Å². The standard InChI is InChI=1S/C16H28N2O7/c1-5-7-21-9-11-23-12-10-22-8-6-17-14(19)13-24-18-15(20)25-16(2,3)4/h1H,6-13H2,2-4H3,(H,17,19)(H,18,20). The summed E-state index contributed by atoms with van der Waals surface area (Å²) in [6.07, 6.45) is 4.27. The van der Waals surface area contributed by atoms with E-state index >= 15 is 0 Å². The highest BCUT2D eigenvalue weighted by Crippen LogP contribution is 2.06. The van der Waals surface area contributed by atoms with Gasteiger partial charge in [0.2, 0.25) is 5.91 Å². The van der Waals surface area contributed by atoms with Crippen LogP contribution in [0.3, 0.4) is 0 Å². The zero-order valence-electron chi connectivity index (χ0n) is 15.1. The van der Waals surface area contributed by atoms with Crippen LogP contribution in [0.15, 0.2) is 0 Å². The number of terminal acetylenes is 1. The molecule has 0 saturated carbocycles. The van der Waals surface area contributed by atoms with Gasteiger partial charge in [-0.3, -0.25) is 9.63 Å². The third kappa shape index (κ3) is 18.3. The van der Waals surface area contributed by atoms with Crippen LogP contribution in [0.25, 0.3) is 0 Å². The fourth-order valence-electron chi connectivity index (χ4n) is 1.34. The molecule has 0 aromatic rings. The van der Waals surface area contributed by atoms with Crippen molar-refractivity contribution in [2.45, 2.75) is 26.4 Å². The van der Waals surface area contributed by atoms with Crippen molar-refractivity contribution in [2.75, 3.05) is 52.8 Å². The Labute approximate surface area is 148 Å². The minimum absolute atomic E-state index is 0.274. The van der Waals surface area contributed by atoms with Gasteiger partial charge in [-0.25, -0.2) is 4.79 Å². The minimum Gasteiger partial charge on any atom is -0.442 e. The molecule has 0 radical (unpaired) electrons. The van der Waals surface area contributed by atoms with Crippen molar-refractivity contribution in [1.82, 2.24) is 10.8 Å². The zero-order chi connectivity index (χ0) is 19.0. The smallest absolute Gasteiger partial charge is 0.431 e. The van der Waals surface area contributed by atoms with E-state index in [0.29, 0.717) is 39.6 Å². The Bertz CT molecular complexity index is 416. The van der Waals surface area contributed by atoms with Crippen LogP contribution in [0.5, 0.6) is 0 Å². The Morgan fingerprint density at radius 2 is 1.60 bits per heavy atom. The van der Waals surface area contributed by atoms with E-state index in [1.54, 1.807) is 20.8 Å². The molecule has 0 heterocycles. The molecule has 0 aliphatic carbocycles. The lowest BCUT2D eigenvalue weighted by Gasteiger charge is -2.19. The van der Waals surface area contributed by atoms with Crippen LogP contribution >= 0.6 is 0 Å². The van der Waals surface area contributed by atoms with E-state index in [0.717, 1.165) is 0 Å². The van der Waals surface area contributed by atoms with Crippen LogP contribution in [0, 0.1) is 12.3 Å². The monoisotopic (exact) mass is 360 g/mol. The number of carbonyl (C=O) groups is 2. The first-order valence-corrected chi connectivity index (χ1v) is 7.89. The van der Waals surface area contributed by atoms with Crippen molar-refractivity contribution in [1.29, 1.82) is 0 Å². The van der Waals surface area contributed by atoms with Gasteiger partial charge in [-0.1, -0.05) is 5.92 Å². The van der Waals surface area contributed by atoms with Gasteiger partial charge in [-0.2, -0.15) is 5.48 Å². The van der Waals surface area contributed by atoms with Crippen LogP contribution in [-0.4, -0.2) is 70.4 Å². The highest BCUT2D eigenvalue weighted by Gasteiger charge is 2.16. The Balaban J connectivity index is 3.36. The molecule has 0 saturated heterocycles. The van der Waals surface area contributed by atoms with E-state index in [1.165, 1.54) is 0 Å². The van der Waals surface area contributed by atoms with Crippen molar-refractivity contribution in [3.05, 3.63) is 0 Å². The Hall–Kier alpha value is -1.86. The summed E-state index contributed by atoms with van der Waals surface area (Å²) in [6.45, 7) is 7.49. The first-order chi connectivity index (χ1) is 11.8. The topological polar surface area (TPSA) is 104 Å². The predicted molar refractivity (Wildman–Crippen MR) is 89.6 cm³/mol. The summed E-state index contributed by atoms with van der Waals surface area (Å²) in [6, 6.07) is 0. The van der Waals surface area contributed by atoms with Crippen molar-refractivity contribution in [3.8, 4) is 12.3 Å². The summed E-state index contributed by atoms with van der Waals surface area (Å²) < 4.78 is 20.5. The van der Waals surface area contributed by atoms with Crippen molar-refractivity contribution < 1.29 is 33.4 Å². The van der Waals surface area contributed by atoms with Gasteiger partial charge in [0.1, 0.15) is 12.2 Å². The fraction of sp³-hybridized carbons (Fsp3) is 0.750. The molecular formula is C16H28N2O7. The van der Waals surface area contributed by atoms with Gasteiger partial charge >= 0.3 is 6.09 Å². The van der Waals surface area contributed by atoms with Gasteiger partial charge in [0.25, 0.3) is 0 Å². The third-order valence-corrected chi connectivity index (χ3v) is 2.26. The summed E-state index contributed by atoms with van der Waals surface area (Å²) in [4.78, 5) is 27.4. The number of hydrogen-bond acceptors (Lipinski definition) is 7. The molecule has 144 valence electrons. The highest BCUT2D eigenvalue weighted by molar-refractivity contribution is 5.77. The van der Waals surface area contributed by atoms with Gasteiger partial charge in [0, 0.05) is 6.54 Å². The lowest BCUT2D eigenvalue weighted by molar-refractivity contribution is -0.128. The quantitative estimate of drug-likeness (QED) is 0.275. The van der Waals surface area contributed by atoms with Gasteiger partial charge in [-0.15, -0.1) is 6.42 Å². The molecule has 2 N–H and O–H groups in total. The maximum atomic E-state index is 11.4. The fourth-order valence-corrected chi connectivity index (χ4v) is 1.34. The van der Waals surface area contributed by atoms with Gasteiger partial charge < -0.3 is 24.3 Å². The molecular weight excluding hydrogens is 332 g/mol. The SMILES string of the molecule is C#CCOCCOCCOCCNC(=O)CONC(=O)OC(C)(C)C. The predicted octanol–water partition coefficient (Wildman–Crippen LogP) is 0.242. The number of carbonyl (C=O) groups excluding carboxylic acids is 2. The molecule has 9 heteroatoms. The van der Waals surface area contributed by atoms with Crippen molar-refractivity contribution in [3.63, 3.8) is 0 Å². The average Bonchev–Trinajstić information content (AvgIpc) is 2.51. The lowest BCUT2D eigenvalue weighted by atomic mass is 10.2. The molecule has 0 rings (SSSR count). The second-order valence-corrected chi connectivity index (χ2v) is 5.72. The second-order valence-electron chi connectivity index (χ2n) is 5.72. The van der Waals surface area contributed by atoms with E-state index in [-0.39, 0.29) is 19.1 Å². The highest BCUT2D eigenvalue weighted by atomic mass is 16.7. The van der Waals surface area contributed by atoms with Gasteiger partial charge in [0.05, 0.1) is 33.0 Å². The average molecular weight is 360 g/mol. The third-order valence-electron chi connectivity index (χ3n) is 2.26. The molecule has 0 unspecified atom stereocenters. The molecule has 0 aliphatic rings. The number of amides is 2. The van der Waals surface area contributed by atoms with Crippen LogP contribution in [0.2, 0.25) is 0 Å². The van der Waals surface area contributed by atoms with Crippen LogP contribution in [-0.2, 0) is 28.6 Å². The maximum Gasteiger partial charge on any atom is 0.431 e. The molecule has 0 fully saturated rings. The summed E-state index contributed by atoms with van der Waals surface area (Å²) in [7, 11) is 0. The molecule has 9 nitrogen and oxygen atoms in total. The van der Waals surface area contributed by atoms with E-state index in [2.05, 4.69) is 11.2 Å². The zero-order valence-corrected chi connectivity index (χ0v) is 15.1. The lowest BCUT2D eigenvalue weighted by Crippen LogP contribution is -2.37. The normalized spacial score (nSPS) is 10.8. The molecule has 0 aliphatic heterocycles. The summed E-state index contributed by atoms with van der Waals surface area (Å²) in [5.74, 6) is 1.97. The summed E-state index contributed by atoms with van der Waals surface area (Å²) in [5, 5.41) is 2.57. The largest absolute Gasteiger partial charge is 0.442 e. The molecule has 0 aromatic heterocycles. The summed E-state index contributed by atoms with van der Waals surface area (Å²) >= 11 is 0. The van der Waals surface area contributed by atoms with Crippen LogP contribution in [0.1, 0.15) is 20.8 Å². The Morgan fingerprint density at radius 3 is 2.20 bits per heavy atom. The van der Waals surface area contributed by atoms with E-state index in [1.807, 2.05) is 5.48 Å². The first-order valence-electron chi connectivity index (χ1n) is 7.89. The molecule has 0 bridgehead atoms. The first kappa shape index (κ1) is 23.1. The van der Waals surface area contributed by atoms with Crippen LogP contribution < -0.4 is 10.8 Å². The number of ether oxygens (including phenoxy) is 4. The maximum absolute atomic E-state index is 11.4. The van der Waals surface area contributed by atoms with Gasteiger partial charge in [0.15, 0.2) is 6.61 Å². The summed E-state index contributed by atoms with van der Waals surface area (Å²) in [5.41, 5.74) is 1.39. The van der Waals surface area contributed by atoms with E-state index in [9.17, 15) is 9.59 Å². The number of hydrogen-bond donors (Lipinski definition) is 2. The van der Waals surface area contributed by atoms with E-state index in [4.69, 9.17) is 30.2 Å². The molecule has 0 aromatic carbocycles. The Morgan fingerprint density at radius 1 is 1.00 bits per heavy atom. The van der Waals surface area contributed by atoms with Crippen LogP contribution in [0.4, 0.5) is 4.79 Å². The number of nitrogens with one attached hydrogen (secondary N) is 2. The second kappa shape index (κ2) is 14.5. The van der Waals surface area contributed by atoms with Gasteiger partial charge in [-0.05, 0) is 20.8 Å². The number of rotatable bonds is 13. The molecule has 25 heavy (non-hydrogen) atoms. The molecule has 0 atom stereocenters. The van der Waals surface area contributed by atoms with Crippen molar-refractivity contribution >= 4 is 12.0 Å². The molecule has 0 spiro atoms. The minimum atomic E-state index is -0.756. The van der Waals surface area contributed by atoms with E-state index < -0.39 is 11.7 Å². The Kier molecular flexibility index (Phi) is 13.4.